The number of nitrogens with zero attached hydrogens (tertiary/aromatic N) is 3. The van der Waals surface area contributed by atoms with Crippen molar-refractivity contribution in [1.29, 1.82) is 0 Å². The summed E-state index contributed by atoms with van der Waals surface area (Å²) in [5.41, 5.74) is 4.83. The van der Waals surface area contributed by atoms with Gasteiger partial charge in [-0.25, -0.2) is 8.78 Å². The standard InChI is InChI=1S/C19H23F2N3/c1-23-17-9-12-24(10-7-15-13-19(15,20)21)11-8-16(17)18(22-23)14-5-3-2-4-6-14/h2-6,15H,7-13H2,1H3. The summed E-state index contributed by atoms with van der Waals surface area (Å²) in [7, 11) is 2.01. The highest BCUT2D eigenvalue weighted by Gasteiger charge is 2.56. The fourth-order valence-corrected chi connectivity index (χ4v) is 3.80. The summed E-state index contributed by atoms with van der Waals surface area (Å²) in [5, 5.41) is 4.73. The normalized spacial score (nSPS) is 22.9. The zero-order valence-corrected chi connectivity index (χ0v) is 14.0. The van der Waals surface area contributed by atoms with Crippen LogP contribution in [0, 0.1) is 5.92 Å². The van der Waals surface area contributed by atoms with Crippen molar-refractivity contribution in [2.45, 2.75) is 31.6 Å². The summed E-state index contributed by atoms with van der Waals surface area (Å²) in [6.45, 7) is 2.64. The molecule has 0 bridgehead atoms. The van der Waals surface area contributed by atoms with Crippen LogP contribution in [0.15, 0.2) is 30.3 Å². The van der Waals surface area contributed by atoms with Gasteiger partial charge in [0.1, 0.15) is 0 Å². The van der Waals surface area contributed by atoms with E-state index in [2.05, 4.69) is 17.0 Å². The number of fused-ring (bicyclic) bond motifs is 1. The molecule has 1 unspecified atom stereocenters. The zero-order valence-electron chi connectivity index (χ0n) is 14.0. The number of hydrogen-bond acceptors (Lipinski definition) is 2. The fraction of sp³-hybridized carbons (Fsp3) is 0.526. The Morgan fingerprint density at radius 3 is 2.58 bits per heavy atom. The molecule has 1 aromatic carbocycles. The van der Waals surface area contributed by atoms with E-state index in [9.17, 15) is 8.78 Å². The van der Waals surface area contributed by atoms with E-state index < -0.39 is 5.92 Å². The van der Waals surface area contributed by atoms with Crippen LogP contribution in [-0.2, 0) is 19.9 Å². The maximum absolute atomic E-state index is 13.1. The first-order chi connectivity index (χ1) is 11.5. The molecule has 1 aliphatic carbocycles. The third kappa shape index (κ3) is 2.97. The molecule has 2 aliphatic rings. The van der Waals surface area contributed by atoms with Crippen molar-refractivity contribution in [1.82, 2.24) is 14.7 Å². The van der Waals surface area contributed by atoms with Gasteiger partial charge in [0.25, 0.3) is 5.92 Å². The van der Waals surface area contributed by atoms with Crippen molar-refractivity contribution < 1.29 is 8.78 Å². The van der Waals surface area contributed by atoms with E-state index >= 15 is 0 Å². The fourth-order valence-electron chi connectivity index (χ4n) is 3.80. The van der Waals surface area contributed by atoms with Crippen LogP contribution in [-0.4, -0.2) is 40.2 Å². The number of alkyl halides is 2. The van der Waals surface area contributed by atoms with Crippen LogP contribution in [0.2, 0.25) is 0 Å². The molecule has 0 amide bonds. The smallest absolute Gasteiger partial charge is 0.251 e. The minimum atomic E-state index is -2.39. The van der Waals surface area contributed by atoms with Crippen LogP contribution in [0.25, 0.3) is 11.3 Å². The van der Waals surface area contributed by atoms with Crippen molar-refractivity contribution >= 4 is 0 Å². The van der Waals surface area contributed by atoms with Crippen molar-refractivity contribution in [3.05, 3.63) is 41.6 Å². The molecule has 3 nitrogen and oxygen atoms in total. The van der Waals surface area contributed by atoms with Crippen LogP contribution in [0.5, 0.6) is 0 Å². The second-order valence-electron chi connectivity index (χ2n) is 7.06. The summed E-state index contributed by atoms with van der Waals surface area (Å²) in [6, 6.07) is 10.3. The first-order valence-electron chi connectivity index (χ1n) is 8.75. The SMILES string of the molecule is Cn1nc(-c2ccccc2)c2c1CCN(CCC1CC1(F)F)CC2. The Labute approximate surface area is 141 Å². The van der Waals surface area contributed by atoms with Gasteiger partial charge in [0.15, 0.2) is 0 Å². The van der Waals surface area contributed by atoms with E-state index in [1.54, 1.807) is 0 Å². The van der Waals surface area contributed by atoms with Crippen molar-refractivity contribution in [3.63, 3.8) is 0 Å². The zero-order chi connectivity index (χ0) is 16.7. The monoisotopic (exact) mass is 331 g/mol. The molecule has 0 N–H and O–H groups in total. The van der Waals surface area contributed by atoms with Crippen molar-refractivity contribution in [3.8, 4) is 11.3 Å². The third-order valence-electron chi connectivity index (χ3n) is 5.41. The Bertz CT molecular complexity index is 724. The molecule has 24 heavy (non-hydrogen) atoms. The molecule has 0 saturated heterocycles. The number of aromatic nitrogens is 2. The Kier molecular flexibility index (Phi) is 3.91. The molecule has 128 valence electrons. The predicted molar refractivity (Wildman–Crippen MR) is 90.2 cm³/mol. The minimum absolute atomic E-state index is 0.0864. The average molecular weight is 331 g/mol. The van der Waals surface area contributed by atoms with Gasteiger partial charge < -0.3 is 4.90 Å². The van der Waals surface area contributed by atoms with Gasteiger partial charge in [-0.15, -0.1) is 0 Å². The second kappa shape index (κ2) is 5.96. The lowest BCUT2D eigenvalue weighted by atomic mass is 10.0. The Morgan fingerprint density at radius 1 is 1.17 bits per heavy atom. The van der Waals surface area contributed by atoms with Gasteiger partial charge in [0, 0.05) is 55.7 Å². The molecule has 1 aromatic heterocycles. The highest BCUT2D eigenvalue weighted by molar-refractivity contribution is 5.64. The second-order valence-corrected chi connectivity index (χ2v) is 7.06. The molecule has 0 radical (unpaired) electrons. The summed E-state index contributed by atoms with van der Waals surface area (Å²) in [4.78, 5) is 2.34. The molecule has 0 spiro atoms. The van der Waals surface area contributed by atoms with Gasteiger partial charge in [0.2, 0.25) is 0 Å². The van der Waals surface area contributed by atoms with E-state index in [0.717, 1.165) is 43.7 Å². The van der Waals surface area contributed by atoms with Gasteiger partial charge in [-0.05, 0) is 19.4 Å². The number of benzene rings is 1. The lowest BCUT2D eigenvalue weighted by Crippen LogP contribution is -2.28. The minimum Gasteiger partial charge on any atom is -0.303 e. The van der Waals surface area contributed by atoms with Gasteiger partial charge in [-0.3, -0.25) is 4.68 Å². The lowest BCUT2D eigenvalue weighted by Gasteiger charge is -2.19. The quantitative estimate of drug-likeness (QED) is 0.854. The molecular weight excluding hydrogens is 308 g/mol. The molecule has 2 aromatic rings. The summed E-state index contributed by atoms with van der Waals surface area (Å²) >= 11 is 0. The van der Waals surface area contributed by atoms with Crippen molar-refractivity contribution in [2.75, 3.05) is 19.6 Å². The molecule has 4 rings (SSSR count). The number of rotatable bonds is 4. The molecule has 1 fully saturated rings. The van der Waals surface area contributed by atoms with Gasteiger partial charge in [0.05, 0.1) is 5.69 Å². The third-order valence-corrected chi connectivity index (χ3v) is 5.41. The highest BCUT2D eigenvalue weighted by atomic mass is 19.3. The molecule has 5 heteroatoms. The Hall–Kier alpha value is -1.75. The number of hydrogen-bond donors (Lipinski definition) is 0. The van der Waals surface area contributed by atoms with E-state index in [-0.39, 0.29) is 12.3 Å². The van der Waals surface area contributed by atoms with Gasteiger partial charge in [-0.1, -0.05) is 30.3 Å². The lowest BCUT2D eigenvalue weighted by molar-refractivity contribution is 0.0938. The van der Waals surface area contributed by atoms with E-state index in [1.807, 2.05) is 29.9 Å². The largest absolute Gasteiger partial charge is 0.303 e. The van der Waals surface area contributed by atoms with E-state index in [4.69, 9.17) is 5.10 Å². The first-order valence-corrected chi connectivity index (χ1v) is 8.75. The first kappa shape index (κ1) is 15.8. The predicted octanol–water partition coefficient (Wildman–Crippen LogP) is 3.53. The average Bonchev–Trinajstić information content (AvgIpc) is 3.15. The summed E-state index contributed by atoms with van der Waals surface area (Å²) < 4.78 is 28.1. The maximum atomic E-state index is 13.1. The molecule has 1 atom stereocenters. The van der Waals surface area contributed by atoms with Crippen LogP contribution >= 0.6 is 0 Å². The van der Waals surface area contributed by atoms with E-state index in [1.165, 1.54) is 11.3 Å². The summed E-state index contributed by atoms with van der Waals surface area (Å²) in [6.07, 6.45) is 2.58. The number of halogens is 2. The Morgan fingerprint density at radius 2 is 1.88 bits per heavy atom. The van der Waals surface area contributed by atoms with Gasteiger partial charge >= 0.3 is 0 Å². The van der Waals surface area contributed by atoms with Crippen LogP contribution < -0.4 is 0 Å². The highest BCUT2D eigenvalue weighted by Crippen LogP contribution is 2.50. The summed E-state index contributed by atoms with van der Waals surface area (Å²) in [5.74, 6) is -2.77. The molecule has 1 saturated carbocycles. The molecule has 2 heterocycles. The maximum Gasteiger partial charge on any atom is 0.251 e. The van der Waals surface area contributed by atoms with E-state index in [0.29, 0.717) is 6.42 Å². The van der Waals surface area contributed by atoms with Gasteiger partial charge in [-0.2, -0.15) is 5.10 Å². The van der Waals surface area contributed by atoms with Crippen LogP contribution in [0.4, 0.5) is 8.78 Å². The Balaban J connectivity index is 1.47. The van der Waals surface area contributed by atoms with Crippen LogP contribution in [0.3, 0.4) is 0 Å². The molecular formula is C19H23F2N3. The molecule has 1 aliphatic heterocycles. The van der Waals surface area contributed by atoms with Crippen molar-refractivity contribution in [2.24, 2.45) is 13.0 Å². The number of aryl methyl sites for hydroxylation is 1. The van der Waals surface area contributed by atoms with Crippen LogP contribution in [0.1, 0.15) is 24.1 Å². The topological polar surface area (TPSA) is 21.1 Å².